The van der Waals surface area contributed by atoms with Gasteiger partial charge in [0.05, 0.1) is 7.11 Å². The first-order chi connectivity index (χ1) is 14.0. The van der Waals surface area contributed by atoms with Gasteiger partial charge in [-0.05, 0) is 56.2 Å². The fourth-order valence-corrected chi connectivity index (χ4v) is 3.32. The predicted molar refractivity (Wildman–Crippen MR) is 113 cm³/mol. The molecule has 6 nitrogen and oxygen atoms in total. The van der Waals surface area contributed by atoms with Crippen molar-refractivity contribution in [1.82, 2.24) is 4.90 Å². The van der Waals surface area contributed by atoms with Gasteiger partial charge in [0.1, 0.15) is 17.1 Å². The topological polar surface area (TPSA) is 69.0 Å². The molecule has 6 heteroatoms. The Kier molecular flexibility index (Phi) is 6.22. The number of rotatable bonds is 7. The van der Waals surface area contributed by atoms with Crippen LogP contribution in [0.25, 0.3) is 22.1 Å². The number of nitrogens with zero attached hydrogens (tertiary/aromatic N) is 1. The van der Waals surface area contributed by atoms with Gasteiger partial charge in [-0.15, -0.1) is 0 Å². The summed E-state index contributed by atoms with van der Waals surface area (Å²) in [4.78, 5) is 26.1. The summed E-state index contributed by atoms with van der Waals surface area (Å²) in [6.07, 6.45) is 0. The van der Waals surface area contributed by atoms with Crippen LogP contribution in [-0.2, 0) is 4.79 Å². The average Bonchev–Trinajstić information content (AvgIpc) is 2.74. The molecule has 3 aromatic rings. The first-order valence-electron chi connectivity index (χ1n) is 9.60. The minimum absolute atomic E-state index is 0.0591. The molecule has 152 valence electrons. The maximum atomic E-state index is 12.2. The maximum absolute atomic E-state index is 12.2. The van der Waals surface area contributed by atoms with Crippen molar-refractivity contribution in [2.24, 2.45) is 0 Å². The van der Waals surface area contributed by atoms with Crippen molar-refractivity contribution < 1.29 is 18.7 Å². The van der Waals surface area contributed by atoms with Crippen molar-refractivity contribution in [3.05, 3.63) is 58.4 Å². The third-order valence-electron chi connectivity index (χ3n) is 4.98. The zero-order valence-electron chi connectivity index (χ0n) is 17.2. The Morgan fingerprint density at radius 1 is 1.07 bits per heavy atom. The van der Waals surface area contributed by atoms with E-state index in [-0.39, 0.29) is 12.5 Å². The molecule has 0 aliphatic rings. The normalized spacial score (nSPS) is 10.8. The van der Waals surface area contributed by atoms with E-state index in [1.54, 1.807) is 18.1 Å². The maximum Gasteiger partial charge on any atom is 0.336 e. The molecule has 0 radical (unpaired) electrons. The van der Waals surface area contributed by atoms with Gasteiger partial charge < -0.3 is 18.8 Å². The second-order valence-electron chi connectivity index (χ2n) is 6.63. The van der Waals surface area contributed by atoms with Gasteiger partial charge in [-0.1, -0.05) is 12.1 Å². The molecule has 1 heterocycles. The van der Waals surface area contributed by atoms with E-state index in [1.165, 1.54) is 6.07 Å². The van der Waals surface area contributed by atoms with Crippen LogP contribution in [0.2, 0.25) is 0 Å². The van der Waals surface area contributed by atoms with Gasteiger partial charge in [0.15, 0.2) is 6.61 Å². The number of carbonyl (C=O) groups excluding carboxylic acids is 1. The van der Waals surface area contributed by atoms with E-state index in [0.717, 1.165) is 22.3 Å². The van der Waals surface area contributed by atoms with Crippen molar-refractivity contribution >= 4 is 16.9 Å². The highest BCUT2D eigenvalue weighted by Crippen LogP contribution is 2.33. The summed E-state index contributed by atoms with van der Waals surface area (Å²) in [5.74, 6) is 1.18. The lowest BCUT2D eigenvalue weighted by Crippen LogP contribution is -2.34. The molecule has 0 saturated heterocycles. The first-order valence-corrected chi connectivity index (χ1v) is 9.60. The molecule has 0 atom stereocenters. The third-order valence-corrected chi connectivity index (χ3v) is 4.98. The number of hydrogen-bond donors (Lipinski definition) is 0. The van der Waals surface area contributed by atoms with Gasteiger partial charge in [0, 0.05) is 30.1 Å². The molecule has 2 aromatic carbocycles. The van der Waals surface area contributed by atoms with Crippen LogP contribution in [0, 0.1) is 6.92 Å². The van der Waals surface area contributed by atoms with E-state index >= 15 is 0 Å². The van der Waals surface area contributed by atoms with Crippen molar-refractivity contribution in [1.29, 1.82) is 0 Å². The molecule has 0 unspecified atom stereocenters. The number of ether oxygens (including phenoxy) is 2. The van der Waals surface area contributed by atoms with E-state index in [2.05, 4.69) is 0 Å². The number of methoxy groups -OCH3 is 1. The highest BCUT2D eigenvalue weighted by Gasteiger charge is 2.15. The number of hydrogen-bond acceptors (Lipinski definition) is 5. The Labute approximate surface area is 169 Å². The SMILES string of the molecule is CCN(CC)C(=O)COc1ccc2c(-c3ccc(OC)cc3)cc(=O)oc2c1C. The third kappa shape index (κ3) is 4.26. The van der Waals surface area contributed by atoms with Crippen molar-refractivity contribution in [3.63, 3.8) is 0 Å². The minimum Gasteiger partial charge on any atom is -0.497 e. The van der Waals surface area contributed by atoms with Crippen molar-refractivity contribution in [2.45, 2.75) is 20.8 Å². The quantitative estimate of drug-likeness (QED) is 0.565. The van der Waals surface area contributed by atoms with E-state index in [9.17, 15) is 9.59 Å². The molecular weight excluding hydrogens is 370 g/mol. The van der Waals surface area contributed by atoms with Crippen LogP contribution in [0.1, 0.15) is 19.4 Å². The lowest BCUT2D eigenvalue weighted by atomic mass is 10.00. The molecule has 0 fully saturated rings. The van der Waals surface area contributed by atoms with Crippen LogP contribution in [0.4, 0.5) is 0 Å². The second-order valence-corrected chi connectivity index (χ2v) is 6.63. The van der Waals surface area contributed by atoms with Gasteiger partial charge in [0.2, 0.25) is 0 Å². The molecule has 0 aliphatic carbocycles. The lowest BCUT2D eigenvalue weighted by Gasteiger charge is -2.19. The van der Waals surface area contributed by atoms with Crippen LogP contribution in [0.3, 0.4) is 0 Å². The van der Waals surface area contributed by atoms with Gasteiger partial charge in [-0.25, -0.2) is 4.79 Å². The summed E-state index contributed by atoms with van der Waals surface area (Å²) in [5.41, 5.74) is 2.35. The van der Waals surface area contributed by atoms with Crippen LogP contribution < -0.4 is 15.1 Å². The monoisotopic (exact) mass is 395 g/mol. The molecule has 1 aromatic heterocycles. The highest BCUT2D eigenvalue weighted by atomic mass is 16.5. The summed E-state index contributed by atoms with van der Waals surface area (Å²) in [6.45, 7) is 6.89. The molecule has 1 amide bonds. The minimum atomic E-state index is -0.442. The predicted octanol–water partition coefficient (Wildman–Crippen LogP) is 4.02. The number of fused-ring (bicyclic) bond motifs is 1. The van der Waals surface area contributed by atoms with Gasteiger partial charge >= 0.3 is 5.63 Å². The number of aryl methyl sites for hydroxylation is 1. The summed E-state index contributed by atoms with van der Waals surface area (Å²) in [6, 6.07) is 12.6. The van der Waals surface area contributed by atoms with Gasteiger partial charge in [-0.2, -0.15) is 0 Å². The lowest BCUT2D eigenvalue weighted by molar-refractivity contribution is -0.132. The molecule has 3 rings (SSSR count). The Hall–Kier alpha value is -3.28. The summed E-state index contributed by atoms with van der Waals surface area (Å²) >= 11 is 0. The highest BCUT2D eigenvalue weighted by molar-refractivity contribution is 5.95. The summed E-state index contributed by atoms with van der Waals surface area (Å²) < 4.78 is 16.4. The molecule has 0 aliphatic heterocycles. The molecule has 29 heavy (non-hydrogen) atoms. The summed E-state index contributed by atoms with van der Waals surface area (Å²) in [5, 5.41) is 0.801. The molecule has 0 spiro atoms. The van der Waals surface area contributed by atoms with Gasteiger partial charge in [0.25, 0.3) is 5.91 Å². The zero-order chi connectivity index (χ0) is 21.0. The number of benzene rings is 2. The van der Waals surface area contributed by atoms with Gasteiger partial charge in [-0.3, -0.25) is 4.79 Å². The van der Waals surface area contributed by atoms with Crippen molar-refractivity contribution in [2.75, 3.05) is 26.8 Å². The van der Waals surface area contributed by atoms with Crippen LogP contribution in [0.5, 0.6) is 11.5 Å². The van der Waals surface area contributed by atoms with Crippen LogP contribution >= 0.6 is 0 Å². The largest absolute Gasteiger partial charge is 0.497 e. The molecular formula is C23H25NO5. The average molecular weight is 395 g/mol. The van der Waals surface area contributed by atoms with Crippen LogP contribution in [-0.4, -0.2) is 37.6 Å². The number of amides is 1. The zero-order valence-corrected chi connectivity index (χ0v) is 17.2. The fourth-order valence-electron chi connectivity index (χ4n) is 3.32. The standard InChI is InChI=1S/C23H25NO5/c1-5-24(6-2)21(25)14-28-20-12-11-18-19(13-22(26)29-23(18)15(20)3)16-7-9-17(27-4)10-8-16/h7-13H,5-6,14H2,1-4H3. The van der Waals surface area contributed by atoms with Crippen LogP contribution in [0.15, 0.2) is 51.7 Å². The fraction of sp³-hybridized carbons (Fsp3) is 0.304. The Bertz CT molecular complexity index is 1070. The van der Waals surface area contributed by atoms with E-state index < -0.39 is 5.63 Å². The van der Waals surface area contributed by atoms with E-state index in [0.29, 0.717) is 30.0 Å². The molecule has 0 bridgehead atoms. The second kappa shape index (κ2) is 8.82. The first kappa shape index (κ1) is 20.5. The molecule has 0 saturated carbocycles. The number of carbonyl (C=O) groups is 1. The Morgan fingerprint density at radius 3 is 2.38 bits per heavy atom. The van der Waals surface area contributed by atoms with E-state index in [4.69, 9.17) is 13.9 Å². The Balaban J connectivity index is 1.98. The number of likely N-dealkylation sites (N-methyl/N-ethyl adjacent to an activating group) is 1. The Morgan fingerprint density at radius 2 is 1.76 bits per heavy atom. The summed E-state index contributed by atoms with van der Waals surface area (Å²) in [7, 11) is 1.61. The van der Waals surface area contributed by atoms with E-state index in [1.807, 2.05) is 51.1 Å². The molecule has 0 N–H and O–H groups in total. The van der Waals surface area contributed by atoms with Crippen molar-refractivity contribution in [3.8, 4) is 22.6 Å². The smallest absolute Gasteiger partial charge is 0.336 e.